The van der Waals surface area contributed by atoms with Crippen LogP contribution in [0, 0.1) is 5.82 Å². The standard InChI is InChI=1S/C25H23FN6O3/c1-35-20-12-8-18(9-13-20)25(34)28-22-5-3-2-4-21(22)24-29-31-32(30-24)16-23(33)27-15-14-17-6-10-19(26)11-7-17/h2-13H,14-16H2,1H3,(H,27,33)(H,28,34). The van der Waals surface area contributed by atoms with Crippen LogP contribution in [0.1, 0.15) is 15.9 Å². The van der Waals surface area contributed by atoms with Crippen molar-refractivity contribution < 1.29 is 18.7 Å². The minimum atomic E-state index is -0.298. The maximum Gasteiger partial charge on any atom is 0.255 e. The Morgan fingerprint density at radius 3 is 2.49 bits per heavy atom. The number of carbonyl (C=O) groups is 2. The van der Waals surface area contributed by atoms with E-state index in [0.717, 1.165) is 5.56 Å². The van der Waals surface area contributed by atoms with Crippen molar-refractivity contribution in [3.63, 3.8) is 0 Å². The highest BCUT2D eigenvalue weighted by molar-refractivity contribution is 6.06. The number of benzene rings is 3. The Bertz CT molecular complexity index is 1310. The zero-order valence-corrected chi connectivity index (χ0v) is 18.9. The van der Waals surface area contributed by atoms with Gasteiger partial charge in [-0.1, -0.05) is 24.3 Å². The Kier molecular flexibility index (Phi) is 7.41. The van der Waals surface area contributed by atoms with Gasteiger partial charge in [-0.25, -0.2) is 4.39 Å². The van der Waals surface area contributed by atoms with Crippen LogP contribution in [0.15, 0.2) is 72.8 Å². The lowest BCUT2D eigenvalue weighted by atomic mass is 10.1. The zero-order chi connectivity index (χ0) is 24.6. The molecule has 1 heterocycles. The minimum Gasteiger partial charge on any atom is -0.497 e. The third kappa shape index (κ3) is 6.26. The number of halogens is 1. The number of tetrazole rings is 1. The normalized spacial score (nSPS) is 10.6. The van der Waals surface area contributed by atoms with Crippen LogP contribution in [0.5, 0.6) is 5.75 Å². The fourth-order valence-electron chi connectivity index (χ4n) is 3.32. The molecule has 178 valence electrons. The quantitative estimate of drug-likeness (QED) is 0.386. The van der Waals surface area contributed by atoms with Gasteiger partial charge in [0.1, 0.15) is 18.1 Å². The number of anilines is 1. The summed E-state index contributed by atoms with van der Waals surface area (Å²) in [5.74, 6) is 0.0508. The predicted octanol–water partition coefficient (Wildman–Crippen LogP) is 3.10. The number of nitrogens with one attached hydrogen (secondary N) is 2. The molecule has 0 fully saturated rings. The second-order valence-corrected chi connectivity index (χ2v) is 7.60. The van der Waals surface area contributed by atoms with E-state index in [9.17, 15) is 14.0 Å². The first-order chi connectivity index (χ1) is 17.0. The number of para-hydroxylation sites is 1. The molecule has 0 spiro atoms. The fraction of sp³-hybridized carbons (Fsp3) is 0.160. The Morgan fingerprint density at radius 1 is 1.00 bits per heavy atom. The molecule has 1 aromatic heterocycles. The highest BCUT2D eigenvalue weighted by Gasteiger charge is 2.15. The van der Waals surface area contributed by atoms with Crippen LogP contribution in [-0.4, -0.2) is 45.7 Å². The average molecular weight is 474 g/mol. The number of rotatable bonds is 9. The molecule has 3 aromatic carbocycles. The number of amides is 2. The summed E-state index contributed by atoms with van der Waals surface area (Å²) in [5, 5.41) is 17.9. The van der Waals surface area contributed by atoms with E-state index >= 15 is 0 Å². The lowest BCUT2D eigenvalue weighted by molar-refractivity contribution is -0.122. The van der Waals surface area contributed by atoms with Gasteiger partial charge >= 0.3 is 0 Å². The monoisotopic (exact) mass is 474 g/mol. The molecule has 0 aliphatic heterocycles. The molecule has 0 unspecified atom stereocenters. The molecule has 2 amide bonds. The lowest BCUT2D eigenvalue weighted by Gasteiger charge is -2.09. The first kappa shape index (κ1) is 23.6. The van der Waals surface area contributed by atoms with Crippen LogP contribution in [0.3, 0.4) is 0 Å². The molecule has 10 heteroatoms. The predicted molar refractivity (Wildman–Crippen MR) is 127 cm³/mol. The topological polar surface area (TPSA) is 111 Å². The first-order valence-electron chi connectivity index (χ1n) is 10.9. The van der Waals surface area contributed by atoms with Gasteiger partial charge in [0.2, 0.25) is 11.7 Å². The zero-order valence-electron chi connectivity index (χ0n) is 18.9. The van der Waals surface area contributed by atoms with E-state index in [-0.39, 0.29) is 30.0 Å². The number of carbonyl (C=O) groups excluding carboxylic acids is 2. The van der Waals surface area contributed by atoms with Crippen molar-refractivity contribution in [2.24, 2.45) is 0 Å². The molecular weight excluding hydrogens is 451 g/mol. The van der Waals surface area contributed by atoms with Crippen molar-refractivity contribution in [2.45, 2.75) is 13.0 Å². The second-order valence-electron chi connectivity index (χ2n) is 7.60. The van der Waals surface area contributed by atoms with Gasteiger partial charge in [-0.15, -0.1) is 10.2 Å². The molecule has 0 saturated carbocycles. The van der Waals surface area contributed by atoms with Crippen LogP contribution in [0.4, 0.5) is 10.1 Å². The summed E-state index contributed by atoms with van der Waals surface area (Å²) in [7, 11) is 1.56. The molecular formula is C25H23FN6O3. The molecule has 9 nitrogen and oxygen atoms in total. The SMILES string of the molecule is COc1ccc(C(=O)Nc2ccccc2-c2nnn(CC(=O)NCCc3ccc(F)cc3)n2)cc1. The Balaban J connectivity index is 1.36. The molecule has 0 aliphatic rings. The maximum absolute atomic E-state index is 13.0. The van der Waals surface area contributed by atoms with E-state index in [1.807, 2.05) is 0 Å². The Hall–Kier alpha value is -4.60. The van der Waals surface area contributed by atoms with Crippen molar-refractivity contribution in [2.75, 3.05) is 19.0 Å². The minimum absolute atomic E-state index is 0.114. The summed E-state index contributed by atoms with van der Waals surface area (Å²) in [6.45, 7) is 0.281. The van der Waals surface area contributed by atoms with Crippen LogP contribution in [0.25, 0.3) is 11.4 Å². The third-order valence-corrected chi connectivity index (χ3v) is 5.16. The summed E-state index contributed by atoms with van der Waals surface area (Å²) < 4.78 is 18.1. The van der Waals surface area contributed by atoms with Gasteiger partial charge in [0.05, 0.1) is 12.8 Å². The lowest BCUT2D eigenvalue weighted by Crippen LogP contribution is -2.30. The van der Waals surface area contributed by atoms with E-state index in [0.29, 0.717) is 35.5 Å². The van der Waals surface area contributed by atoms with Gasteiger partial charge in [0.15, 0.2) is 0 Å². The van der Waals surface area contributed by atoms with Crippen molar-refractivity contribution in [3.05, 3.63) is 89.7 Å². The smallest absolute Gasteiger partial charge is 0.255 e. The number of ether oxygens (including phenoxy) is 1. The largest absolute Gasteiger partial charge is 0.497 e. The van der Waals surface area contributed by atoms with Crippen molar-refractivity contribution in [3.8, 4) is 17.1 Å². The van der Waals surface area contributed by atoms with E-state index < -0.39 is 0 Å². The van der Waals surface area contributed by atoms with Crippen LogP contribution in [-0.2, 0) is 17.8 Å². The van der Waals surface area contributed by atoms with E-state index in [1.165, 1.54) is 16.9 Å². The van der Waals surface area contributed by atoms with Crippen LogP contribution < -0.4 is 15.4 Å². The van der Waals surface area contributed by atoms with E-state index in [2.05, 4.69) is 26.0 Å². The molecule has 35 heavy (non-hydrogen) atoms. The summed E-state index contributed by atoms with van der Waals surface area (Å²) >= 11 is 0. The summed E-state index contributed by atoms with van der Waals surface area (Å²) in [5.41, 5.74) is 2.46. The molecule has 0 bridgehead atoms. The van der Waals surface area contributed by atoms with Gasteiger partial charge in [-0.05, 0) is 65.7 Å². The number of hydrogen-bond donors (Lipinski definition) is 2. The van der Waals surface area contributed by atoms with E-state index in [1.54, 1.807) is 67.8 Å². The number of aromatic nitrogens is 4. The van der Waals surface area contributed by atoms with Crippen LogP contribution >= 0.6 is 0 Å². The highest BCUT2D eigenvalue weighted by Crippen LogP contribution is 2.25. The van der Waals surface area contributed by atoms with Gasteiger partial charge in [0.25, 0.3) is 5.91 Å². The third-order valence-electron chi connectivity index (χ3n) is 5.16. The van der Waals surface area contributed by atoms with E-state index in [4.69, 9.17) is 4.74 Å². The Labute approximate surface area is 200 Å². The highest BCUT2D eigenvalue weighted by atomic mass is 19.1. The van der Waals surface area contributed by atoms with Gasteiger partial charge in [-0.3, -0.25) is 9.59 Å². The first-order valence-corrected chi connectivity index (χ1v) is 10.9. The summed E-state index contributed by atoms with van der Waals surface area (Å²) in [6.07, 6.45) is 0.573. The molecule has 0 radical (unpaired) electrons. The molecule has 0 saturated heterocycles. The molecule has 4 aromatic rings. The maximum atomic E-state index is 13.0. The molecule has 0 aliphatic carbocycles. The number of nitrogens with zero attached hydrogens (tertiary/aromatic N) is 4. The fourth-order valence-corrected chi connectivity index (χ4v) is 3.32. The molecule has 4 rings (SSSR count). The van der Waals surface area contributed by atoms with Crippen LogP contribution in [0.2, 0.25) is 0 Å². The van der Waals surface area contributed by atoms with Gasteiger partial charge in [0, 0.05) is 17.7 Å². The van der Waals surface area contributed by atoms with Gasteiger partial charge in [-0.2, -0.15) is 4.80 Å². The average Bonchev–Trinajstić information content (AvgIpc) is 3.33. The van der Waals surface area contributed by atoms with Crippen molar-refractivity contribution in [1.82, 2.24) is 25.5 Å². The number of hydrogen-bond acceptors (Lipinski definition) is 6. The Morgan fingerprint density at radius 2 is 1.74 bits per heavy atom. The second kappa shape index (κ2) is 11.0. The summed E-state index contributed by atoms with van der Waals surface area (Å²) in [6, 6.07) is 19.9. The molecule has 0 atom stereocenters. The summed E-state index contributed by atoms with van der Waals surface area (Å²) in [4.78, 5) is 26.1. The van der Waals surface area contributed by atoms with Crippen molar-refractivity contribution in [1.29, 1.82) is 0 Å². The van der Waals surface area contributed by atoms with Gasteiger partial charge < -0.3 is 15.4 Å². The number of methoxy groups -OCH3 is 1. The van der Waals surface area contributed by atoms with Crippen molar-refractivity contribution >= 4 is 17.5 Å². The molecule has 2 N–H and O–H groups in total.